The Morgan fingerprint density at radius 1 is 0.621 bits per heavy atom. The van der Waals surface area contributed by atoms with Gasteiger partial charge in [0, 0.05) is 5.56 Å². The quantitative estimate of drug-likeness (QED) is 0.311. The number of hydrogen-bond acceptors (Lipinski definition) is 2. The van der Waals surface area contributed by atoms with E-state index >= 15 is 0 Å². The van der Waals surface area contributed by atoms with Crippen LogP contribution in [0, 0.1) is 0 Å². The predicted molar refractivity (Wildman–Crippen MR) is 122 cm³/mol. The standard InChI is InChI=1S/C27H22N2/c1-18(2)26-27(20-12-7-4-8-13-20)29-25-17-23-21(16-24(25)28-26)14-9-15-22(23)19-10-5-3-6-11-19/h3-18H,1-2H3. The zero-order valence-electron chi connectivity index (χ0n) is 16.6. The van der Waals surface area contributed by atoms with E-state index in [-0.39, 0.29) is 0 Å². The first-order chi connectivity index (χ1) is 14.2. The SMILES string of the molecule is CC(C)c1nc2cc3cccc(-c4ccccc4)c3cc2nc1-c1ccccc1. The van der Waals surface area contributed by atoms with Gasteiger partial charge in [-0.25, -0.2) is 9.97 Å². The van der Waals surface area contributed by atoms with Gasteiger partial charge < -0.3 is 0 Å². The normalized spacial score (nSPS) is 11.4. The fourth-order valence-corrected chi connectivity index (χ4v) is 3.92. The number of aromatic nitrogens is 2. The van der Waals surface area contributed by atoms with Crippen LogP contribution in [0.25, 0.3) is 44.2 Å². The second-order valence-electron chi connectivity index (χ2n) is 7.71. The summed E-state index contributed by atoms with van der Waals surface area (Å²) in [6, 6.07) is 31.7. The van der Waals surface area contributed by atoms with E-state index in [1.165, 1.54) is 21.9 Å². The summed E-state index contributed by atoms with van der Waals surface area (Å²) >= 11 is 0. The zero-order chi connectivity index (χ0) is 19.8. The molecular weight excluding hydrogens is 352 g/mol. The molecule has 0 atom stereocenters. The van der Waals surface area contributed by atoms with E-state index in [1.54, 1.807) is 0 Å². The minimum atomic E-state index is 0.299. The Hall–Kier alpha value is -3.52. The predicted octanol–water partition coefficient (Wildman–Crippen LogP) is 7.24. The molecule has 0 fully saturated rings. The van der Waals surface area contributed by atoms with E-state index in [0.29, 0.717) is 5.92 Å². The molecule has 0 amide bonds. The lowest BCUT2D eigenvalue weighted by Crippen LogP contribution is -2.01. The van der Waals surface area contributed by atoms with Gasteiger partial charge in [-0.3, -0.25) is 0 Å². The molecule has 2 nitrogen and oxygen atoms in total. The average molecular weight is 374 g/mol. The van der Waals surface area contributed by atoms with Crippen LogP contribution < -0.4 is 0 Å². The van der Waals surface area contributed by atoms with Crippen LogP contribution in [0.5, 0.6) is 0 Å². The summed E-state index contributed by atoms with van der Waals surface area (Å²) in [6.45, 7) is 4.35. The smallest absolute Gasteiger partial charge is 0.0927 e. The van der Waals surface area contributed by atoms with E-state index < -0.39 is 0 Å². The van der Waals surface area contributed by atoms with Gasteiger partial charge in [-0.05, 0) is 39.9 Å². The van der Waals surface area contributed by atoms with Gasteiger partial charge in [-0.15, -0.1) is 0 Å². The number of rotatable bonds is 3. The van der Waals surface area contributed by atoms with Gasteiger partial charge in [0.05, 0.1) is 22.4 Å². The Morgan fingerprint density at radius 2 is 1.28 bits per heavy atom. The Morgan fingerprint density at radius 3 is 1.97 bits per heavy atom. The summed E-state index contributed by atoms with van der Waals surface area (Å²) in [5, 5.41) is 2.40. The lowest BCUT2D eigenvalue weighted by atomic mass is 9.97. The number of hydrogen-bond donors (Lipinski definition) is 0. The Kier molecular flexibility index (Phi) is 4.33. The molecule has 0 saturated carbocycles. The van der Waals surface area contributed by atoms with Crippen LogP contribution in [0.3, 0.4) is 0 Å². The Bertz CT molecular complexity index is 1310. The summed E-state index contributed by atoms with van der Waals surface area (Å²) in [6.07, 6.45) is 0. The van der Waals surface area contributed by atoms with Crippen LogP contribution in [0.1, 0.15) is 25.5 Å². The van der Waals surface area contributed by atoms with Crippen molar-refractivity contribution >= 4 is 21.8 Å². The fourth-order valence-electron chi connectivity index (χ4n) is 3.92. The van der Waals surface area contributed by atoms with Gasteiger partial charge in [0.25, 0.3) is 0 Å². The van der Waals surface area contributed by atoms with Crippen molar-refractivity contribution in [1.29, 1.82) is 0 Å². The average Bonchev–Trinajstić information content (AvgIpc) is 2.77. The second kappa shape index (κ2) is 7.14. The molecule has 4 aromatic carbocycles. The molecule has 0 aliphatic heterocycles. The molecule has 5 rings (SSSR count). The monoisotopic (exact) mass is 374 g/mol. The van der Waals surface area contributed by atoms with E-state index in [1.807, 2.05) is 6.07 Å². The molecular formula is C27H22N2. The van der Waals surface area contributed by atoms with Crippen molar-refractivity contribution < 1.29 is 0 Å². The van der Waals surface area contributed by atoms with Crippen molar-refractivity contribution in [3.05, 3.63) is 96.7 Å². The maximum absolute atomic E-state index is 5.09. The molecule has 2 heteroatoms. The molecule has 1 heterocycles. The van der Waals surface area contributed by atoms with E-state index in [2.05, 4.69) is 98.8 Å². The molecule has 0 N–H and O–H groups in total. The highest BCUT2D eigenvalue weighted by Crippen LogP contribution is 2.33. The summed E-state index contributed by atoms with van der Waals surface area (Å²) in [4.78, 5) is 10.1. The summed E-state index contributed by atoms with van der Waals surface area (Å²) in [5.41, 5.74) is 7.46. The molecule has 0 radical (unpaired) electrons. The summed E-state index contributed by atoms with van der Waals surface area (Å²) in [7, 11) is 0. The summed E-state index contributed by atoms with van der Waals surface area (Å²) < 4.78 is 0. The highest BCUT2D eigenvalue weighted by Gasteiger charge is 2.15. The number of nitrogens with zero attached hydrogens (tertiary/aromatic N) is 2. The first-order valence-electron chi connectivity index (χ1n) is 10.1. The molecule has 0 unspecified atom stereocenters. The maximum Gasteiger partial charge on any atom is 0.0927 e. The molecule has 0 spiro atoms. The van der Waals surface area contributed by atoms with Crippen LogP contribution >= 0.6 is 0 Å². The van der Waals surface area contributed by atoms with Gasteiger partial charge in [-0.1, -0.05) is 92.7 Å². The van der Waals surface area contributed by atoms with Crippen molar-refractivity contribution in [2.45, 2.75) is 19.8 Å². The molecule has 0 aliphatic carbocycles. The van der Waals surface area contributed by atoms with Crippen molar-refractivity contribution in [2.24, 2.45) is 0 Å². The van der Waals surface area contributed by atoms with Crippen LogP contribution in [0.15, 0.2) is 91.0 Å². The molecule has 140 valence electrons. The first-order valence-corrected chi connectivity index (χ1v) is 10.1. The van der Waals surface area contributed by atoms with Gasteiger partial charge in [-0.2, -0.15) is 0 Å². The van der Waals surface area contributed by atoms with Crippen LogP contribution in [-0.4, -0.2) is 9.97 Å². The van der Waals surface area contributed by atoms with Crippen LogP contribution in [-0.2, 0) is 0 Å². The Labute approximate surface area is 170 Å². The first kappa shape index (κ1) is 17.6. The molecule has 0 saturated heterocycles. The molecule has 5 aromatic rings. The minimum absolute atomic E-state index is 0.299. The minimum Gasteiger partial charge on any atom is -0.249 e. The van der Waals surface area contributed by atoms with Gasteiger partial charge in [0.15, 0.2) is 0 Å². The van der Waals surface area contributed by atoms with Crippen LogP contribution in [0.2, 0.25) is 0 Å². The molecule has 0 bridgehead atoms. The highest BCUT2D eigenvalue weighted by atomic mass is 14.8. The third-order valence-electron chi connectivity index (χ3n) is 5.37. The van der Waals surface area contributed by atoms with E-state index in [4.69, 9.17) is 9.97 Å². The summed E-state index contributed by atoms with van der Waals surface area (Å²) in [5.74, 6) is 0.299. The number of fused-ring (bicyclic) bond motifs is 2. The van der Waals surface area contributed by atoms with Crippen molar-refractivity contribution in [3.8, 4) is 22.4 Å². The maximum atomic E-state index is 5.09. The number of benzene rings is 4. The zero-order valence-corrected chi connectivity index (χ0v) is 16.6. The molecule has 29 heavy (non-hydrogen) atoms. The van der Waals surface area contributed by atoms with Gasteiger partial charge in [0.2, 0.25) is 0 Å². The molecule has 1 aromatic heterocycles. The fraction of sp³-hybridized carbons (Fsp3) is 0.111. The van der Waals surface area contributed by atoms with Crippen molar-refractivity contribution in [2.75, 3.05) is 0 Å². The lowest BCUT2D eigenvalue weighted by Gasteiger charge is -2.14. The van der Waals surface area contributed by atoms with Crippen LogP contribution in [0.4, 0.5) is 0 Å². The lowest BCUT2D eigenvalue weighted by molar-refractivity contribution is 0.826. The molecule has 0 aliphatic rings. The van der Waals surface area contributed by atoms with Crippen molar-refractivity contribution in [1.82, 2.24) is 9.97 Å². The third-order valence-corrected chi connectivity index (χ3v) is 5.37. The second-order valence-corrected chi connectivity index (χ2v) is 7.71. The topological polar surface area (TPSA) is 25.8 Å². The Balaban J connectivity index is 1.80. The third kappa shape index (κ3) is 3.17. The van der Waals surface area contributed by atoms with Crippen molar-refractivity contribution in [3.63, 3.8) is 0 Å². The highest BCUT2D eigenvalue weighted by molar-refractivity contribution is 6.03. The van der Waals surface area contributed by atoms with Gasteiger partial charge >= 0.3 is 0 Å². The van der Waals surface area contributed by atoms with E-state index in [0.717, 1.165) is 28.0 Å². The van der Waals surface area contributed by atoms with E-state index in [9.17, 15) is 0 Å². The largest absolute Gasteiger partial charge is 0.249 e. The van der Waals surface area contributed by atoms with Gasteiger partial charge in [0.1, 0.15) is 0 Å².